The molecule has 2 heterocycles. The minimum Gasteiger partial charge on any atom is -0.359 e. The Morgan fingerprint density at radius 3 is 2.55 bits per heavy atom. The molecule has 3 nitrogen and oxygen atoms in total. The molecule has 11 heavy (non-hydrogen) atoms. The number of nitrogens with one attached hydrogen (secondary N) is 1. The maximum absolute atomic E-state index is 10.9. The average molecular weight is 157 g/mol. The number of rotatable bonds is 0. The molecule has 0 aliphatic carbocycles. The van der Waals surface area contributed by atoms with E-state index in [-0.39, 0.29) is 11.5 Å². The lowest BCUT2D eigenvalue weighted by molar-refractivity contribution is -0.127. The summed E-state index contributed by atoms with van der Waals surface area (Å²) in [7, 11) is 0. The molecule has 1 amide bonds. The highest BCUT2D eigenvalue weighted by atomic mass is 16.6. The van der Waals surface area contributed by atoms with Crippen LogP contribution in [0.15, 0.2) is 0 Å². The Kier molecular flexibility index (Phi) is 2.49. The van der Waals surface area contributed by atoms with E-state index in [1.54, 1.807) is 0 Å². The molecule has 0 aromatic carbocycles. The van der Waals surface area contributed by atoms with Gasteiger partial charge in [0.2, 0.25) is 0 Å². The predicted molar refractivity (Wildman–Crippen MR) is 42.3 cm³/mol. The molecule has 1 unspecified atom stereocenters. The van der Waals surface area contributed by atoms with Gasteiger partial charge in [-0.1, -0.05) is 13.8 Å². The zero-order valence-electron chi connectivity index (χ0n) is 7.14. The van der Waals surface area contributed by atoms with Gasteiger partial charge in [0.05, 0.1) is 6.61 Å². The topological polar surface area (TPSA) is 41.6 Å². The van der Waals surface area contributed by atoms with Crippen molar-refractivity contribution in [2.75, 3.05) is 13.2 Å². The summed E-state index contributed by atoms with van der Waals surface area (Å²) in [5, 5.41) is 2.77. The van der Waals surface area contributed by atoms with Gasteiger partial charge in [-0.3, -0.25) is 4.79 Å². The van der Waals surface area contributed by atoms with E-state index in [1.165, 1.54) is 0 Å². The van der Waals surface area contributed by atoms with Crippen molar-refractivity contribution in [3.63, 3.8) is 0 Å². The first-order chi connectivity index (χ1) is 5.33. The smallest absolute Gasteiger partial charge is 0.254 e. The van der Waals surface area contributed by atoms with Gasteiger partial charge in [0.1, 0.15) is 0 Å². The molecular formula is C8H15NO2. The van der Waals surface area contributed by atoms with E-state index < -0.39 is 0 Å². The van der Waals surface area contributed by atoms with E-state index in [0.717, 1.165) is 19.4 Å². The van der Waals surface area contributed by atoms with E-state index >= 15 is 0 Å². The van der Waals surface area contributed by atoms with Crippen LogP contribution in [0.25, 0.3) is 0 Å². The summed E-state index contributed by atoms with van der Waals surface area (Å²) < 4.78 is 5.04. The van der Waals surface area contributed by atoms with Crippen LogP contribution in [0.1, 0.15) is 26.7 Å². The Hall–Kier alpha value is -0.570. The van der Waals surface area contributed by atoms with Crippen molar-refractivity contribution in [2.45, 2.75) is 32.3 Å². The zero-order valence-corrected chi connectivity index (χ0v) is 7.14. The fraction of sp³-hybridized carbons (Fsp3) is 0.875. The van der Waals surface area contributed by atoms with Crippen molar-refractivity contribution in [1.82, 2.24) is 5.32 Å². The van der Waals surface area contributed by atoms with Crippen LogP contribution in [0, 0.1) is 0 Å². The Labute approximate surface area is 67.1 Å². The van der Waals surface area contributed by atoms with E-state index in [9.17, 15) is 4.79 Å². The van der Waals surface area contributed by atoms with E-state index in [0.29, 0.717) is 6.61 Å². The second-order valence-electron chi connectivity index (χ2n) is 2.64. The van der Waals surface area contributed by atoms with Crippen molar-refractivity contribution in [1.29, 1.82) is 0 Å². The minimum atomic E-state index is -0.363. The van der Waals surface area contributed by atoms with Crippen LogP contribution in [0.3, 0.4) is 0 Å². The molecule has 2 aliphatic heterocycles. The number of piperidine rings is 1. The van der Waals surface area contributed by atoms with Crippen LogP contribution < -0.4 is 5.32 Å². The fourth-order valence-electron chi connectivity index (χ4n) is 1.21. The molecule has 2 fully saturated rings. The van der Waals surface area contributed by atoms with Crippen molar-refractivity contribution >= 4 is 5.91 Å². The van der Waals surface area contributed by atoms with Gasteiger partial charge in [-0.15, -0.1) is 0 Å². The highest BCUT2D eigenvalue weighted by Gasteiger charge is 2.52. The van der Waals surface area contributed by atoms with Gasteiger partial charge < -0.3 is 10.1 Å². The minimum absolute atomic E-state index is 0.0914. The molecule has 64 valence electrons. The largest absolute Gasteiger partial charge is 0.359 e. The van der Waals surface area contributed by atoms with Crippen LogP contribution in [0.4, 0.5) is 0 Å². The number of carbonyl (C=O) groups excluding carboxylic acids is 1. The van der Waals surface area contributed by atoms with Crippen molar-refractivity contribution in [3.05, 3.63) is 0 Å². The zero-order chi connectivity index (χ0) is 8.32. The third-order valence-electron chi connectivity index (χ3n) is 1.95. The van der Waals surface area contributed by atoms with Gasteiger partial charge in [0.15, 0.2) is 5.60 Å². The summed E-state index contributed by atoms with van der Waals surface area (Å²) in [5.41, 5.74) is -0.363. The third-order valence-corrected chi connectivity index (χ3v) is 1.95. The molecule has 0 aromatic heterocycles. The maximum Gasteiger partial charge on any atom is 0.254 e. The molecule has 2 rings (SSSR count). The molecular weight excluding hydrogens is 142 g/mol. The second-order valence-corrected chi connectivity index (χ2v) is 2.64. The fourth-order valence-corrected chi connectivity index (χ4v) is 1.21. The molecule has 1 N–H and O–H groups in total. The van der Waals surface area contributed by atoms with Crippen molar-refractivity contribution in [2.24, 2.45) is 0 Å². The van der Waals surface area contributed by atoms with Gasteiger partial charge in [-0.2, -0.15) is 0 Å². The van der Waals surface area contributed by atoms with Crippen molar-refractivity contribution in [3.8, 4) is 0 Å². The predicted octanol–water partition coefficient (Wildman–Crippen LogP) is 0.692. The lowest BCUT2D eigenvalue weighted by Gasteiger charge is -2.17. The number of hydrogen-bond acceptors (Lipinski definition) is 2. The normalized spacial score (nSPS) is 33.8. The van der Waals surface area contributed by atoms with E-state index in [1.807, 2.05) is 13.8 Å². The van der Waals surface area contributed by atoms with Gasteiger partial charge in [0, 0.05) is 6.54 Å². The van der Waals surface area contributed by atoms with Gasteiger partial charge >= 0.3 is 0 Å². The van der Waals surface area contributed by atoms with Crippen LogP contribution in [0.5, 0.6) is 0 Å². The highest BCUT2D eigenvalue weighted by molar-refractivity contribution is 5.88. The Bertz CT molecular complexity index is 152. The summed E-state index contributed by atoms with van der Waals surface area (Å²) >= 11 is 0. The molecule has 2 aliphatic rings. The van der Waals surface area contributed by atoms with Gasteiger partial charge in [-0.05, 0) is 12.8 Å². The average Bonchev–Trinajstić information content (AvgIpc) is 2.82. The third kappa shape index (κ3) is 1.53. The second kappa shape index (κ2) is 3.22. The van der Waals surface area contributed by atoms with E-state index in [2.05, 4.69) is 5.32 Å². The first-order valence-corrected chi connectivity index (χ1v) is 4.26. The lowest BCUT2D eigenvalue weighted by atomic mass is 10.0. The van der Waals surface area contributed by atoms with Crippen LogP contribution >= 0.6 is 0 Å². The first kappa shape index (κ1) is 8.53. The highest BCUT2D eigenvalue weighted by Crippen LogP contribution is 2.34. The van der Waals surface area contributed by atoms with Gasteiger partial charge in [0.25, 0.3) is 5.91 Å². The number of ether oxygens (including phenoxy) is 1. The first-order valence-electron chi connectivity index (χ1n) is 4.26. The van der Waals surface area contributed by atoms with Crippen molar-refractivity contribution < 1.29 is 9.53 Å². The standard InChI is InChI=1S/C6H9NO2.C2H6/c8-5-6(4-9-6)2-1-3-7-5;1-2/h1-4H2,(H,7,8);1-2H3. The summed E-state index contributed by atoms with van der Waals surface area (Å²) in [6.07, 6.45) is 1.98. The molecule has 1 spiro atoms. The molecule has 2 saturated heterocycles. The van der Waals surface area contributed by atoms with Gasteiger partial charge in [-0.25, -0.2) is 0 Å². The Morgan fingerprint density at radius 1 is 1.55 bits per heavy atom. The monoisotopic (exact) mass is 157 g/mol. The molecule has 3 heteroatoms. The summed E-state index contributed by atoms with van der Waals surface area (Å²) in [5.74, 6) is 0.0914. The van der Waals surface area contributed by atoms with Crippen LogP contribution in [0.2, 0.25) is 0 Å². The molecule has 0 aromatic rings. The molecule has 0 bridgehead atoms. The number of carbonyl (C=O) groups is 1. The summed E-state index contributed by atoms with van der Waals surface area (Å²) in [4.78, 5) is 10.9. The molecule has 1 atom stereocenters. The molecule has 0 saturated carbocycles. The summed E-state index contributed by atoms with van der Waals surface area (Å²) in [6, 6.07) is 0. The number of amides is 1. The number of epoxide rings is 1. The SMILES string of the molecule is CC.O=C1NCCCC12CO2. The maximum atomic E-state index is 10.9. The summed E-state index contributed by atoms with van der Waals surface area (Å²) in [6.45, 7) is 5.46. The lowest BCUT2D eigenvalue weighted by Crippen LogP contribution is -2.42. The Balaban J connectivity index is 0.000000281. The molecule has 0 radical (unpaired) electrons. The van der Waals surface area contributed by atoms with Crippen LogP contribution in [-0.4, -0.2) is 24.7 Å². The number of hydrogen-bond donors (Lipinski definition) is 1. The van der Waals surface area contributed by atoms with Crippen LogP contribution in [-0.2, 0) is 9.53 Å². The van der Waals surface area contributed by atoms with E-state index in [4.69, 9.17) is 4.74 Å². The Morgan fingerprint density at radius 2 is 2.18 bits per heavy atom. The quantitative estimate of drug-likeness (QED) is 0.526.